The number of benzene rings is 2. The number of carbonyl (C=O) groups excluding carboxylic acids is 1. The SMILES string of the molecule is C[C@H](OC(=O)Nc1ccccc1)C(=O)O.c1ccc(C[C@@H]2CC3(CCN2)OCCO3)cc1. The van der Waals surface area contributed by atoms with E-state index in [1.807, 2.05) is 0 Å². The van der Waals surface area contributed by atoms with E-state index >= 15 is 0 Å². The molecule has 2 heterocycles. The van der Waals surface area contributed by atoms with Crippen LogP contribution in [0.25, 0.3) is 0 Å². The molecule has 0 aromatic heterocycles. The Labute approximate surface area is 187 Å². The molecule has 4 rings (SSSR count). The van der Waals surface area contributed by atoms with Gasteiger partial charge in [-0.3, -0.25) is 5.32 Å². The molecular formula is C24H30N2O6. The minimum Gasteiger partial charge on any atom is -0.479 e. The summed E-state index contributed by atoms with van der Waals surface area (Å²) in [7, 11) is 0. The van der Waals surface area contributed by atoms with Crippen LogP contribution < -0.4 is 10.6 Å². The van der Waals surface area contributed by atoms with Crippen molar-refractivity contribution in [3.63, 3.8) is 0 Å². The van der Waals surface area contributed by atoms with Gasteiger partial charge in [-0.05, 0) is 31.0 Å². The Bertz CT molecular complexity index is 855. The molecule has 2 aliphatic heterocycles. The third-order valence-electron chi connectivity index (χ3n) is 5.29. The van der Waals surface area contributed by atoms with Gasteiger partial charge in [0.15, 0.2) is 11.9 Å². The Morgan fingerprint density at radius 1 is 1.12 bits per heavy atom. The highest BCUT2D eigenvalue weighted by Gasteiger charge is 2.41. The van der Waals surface area contributed by atoms with E-state index in [0.29, 0.717) is 11.7 Å². The van der Waals surface area contributed by atoms with E-state index in [2.05, 4.69) is 45.7 Å². The van der Waals surface area contributed by atoms with Crippen molar-refractivity contribution in [1.29, 1.82) is 0 Å². The topological polar surface area (TPSA) is 106 Å². The van der Waals surface area contributed by atoms with Crippen molar-refractivity contribution in [1.82, 2.24) is 5.32 Å². The minimum atomic E-state index is -1.18. The summed E-state index contributed by atoms with van der Waals surface area (Å²) in [6.45, 7) is 3.76. The quantitative estimate of drug-likeness (QED) is 0.651. The highest BCUT2D eigenvalue weighted by molar-refractivity contribution is 5.86. The first-order chi connectivity index (χ1) is 15.5. The molecule has 0 radical (unpaired) electrons. The molecule has 2 saturated heterocycles. The number of para-hydroxylation sites is 1. The first-order valence-corrected chi connectivity index (χ1v) is 10.8. The summed E-state index contributed by atoms with van der Waals surface area (Å²) >= 11 is 0. The van der Waals surface area contributed by atoms with Crippen LogP contribution in [0.15, 0.2) is 60.7 Å². The smallest absolute Gasteiger partial charge is 0.412 e. The number of carboxylic acids is 1. The molecule has 172 valence electrons. The van der Waals surface area contributed by atoms with Gasteiger partial charge in [0.2, 0.25) is 0 Å². The number of hydrogen-bond donors (Lipinski definition) is 3. The van der Waals surface area contributed by atoms with E-state index < -0.39 is 18.2 Å². The Balaban J connectivity index is 0.000000183. The van der Waals surface area contributed by atoms with Gasteiger partial charge in [0, 0.05) is 31.1 Å². The third kappa shape index (κ3) is 7.33. The Morgan fingerprint density at radius 3 is 2.38 bits per heavy atom. The standard InChI is InChI=1S/C14H19NO2.C10H11NO4/c1-2-4-12(5-3-1)10-13-11-14(6-7-15-13)16-8-9-17-14;1-7(9(12)13)15-10(14)11-8-5-3-2-4-6-8/h1-5,13,15H,6-11H2;2-7H,1H3,(H,11,14)(H,12,13)/t13-;7-/m10/s1. The molecule has 0 aliphatic carbocycles. The summed E-state index contributed by atoms with van der Waals surface area (Å²) in [5, 5.41) is 14.5. The Kier molecular flexibility index (Phi) is 8.61. The maximum absolute atomic E-state index is 11.1. The second-order valence-corrected chi connectivity index (χ2v) is 7.78. The van der Waals surface area contributed by atoms with Gasteiger partial charge in [-0.15, -0.1) is 0 Å². The van der Waals surface area contributed by atoms with Crippen molar-refractivity contribution in [3.05, 3.63) is 66.2 Å². The van der Waals surface area contributed by atoms with Crippen LogP contribution in [0.5, 0.6) is 0 Å². The summed E-state index contributed by atoms with van der Waals surface area (Å²) in [5.74, 6) is -1.47. The van der Waals surface area contributed by atoms with Gasteiger partial charge < -0.3 is 24.6 Å². The predicted octanol–water partition coefficient (Wildman–Crippen LogP) is 3.43. The van der Waals surface area contributed by atoms with Crippen molar-refractivity contribution in [2.45, 2.75) is 44.1 Å². The summed E-state index contributed by atoms with van der Waals surface area (Å²) in [6, 6.07) is 19.7. The van der Waals surface area contributed by atoms with Gasteiger partial charge in [-0.25, -0.2) is 9.59 Å². The first-order valence-electron chi connectivity index (χ1n) is 10.8. The number of nitrogens with one attached hydrogen (secondary N) is 2. The molecule has 1 amide bonds. The van der Waals surface area contributed by atoms with Gasteiger partial charge in [-0.1, -0.05) is 48.5 Å². The number of carbonyl (C=O) groups is 2. The number of ether oxygens (including phenoxy) is 3. The van der Waals surface area contributed by atoms with Gasteiger partial charge >= 0.3 is 12.1 Å². The van der Waals surface area contributed by atoms with Gasteiger partial charge in [-0.2, -0.15) is 0 Å². The molecule has 8 nitrogen and oxygen atoms in total. The molecule has 0 unspecified atom stereocenters. The van der Waals surface area contributed by atoms with Crippen LogP contribution in [-0.2, 0) is 25.4 Å². The monoisotopic (exact) mass is 442 g/mol. The molecule has 2 atom stereocenters. The summed E-state index contributed by atoms with van der Waals surface area (Å²) < 4.78 is 16.1. The van der Waals surface area contributed by atoms with E-state index in [1.54, 1.807) is 30.3 Å². The predicted molar refractivity (Wildman–Crippen MR) is 119 cm³/mol. The minimum absolute atomic E-state index is 0.287. The average molecular weight is 443 g/mol. The van der Waals surface area contributed by atoms with Crippen LogP contribution in [0.1, 0.15) is 25.3 Å². The lowest BCUT2D eigenvalue weighted by Crippen LogP contribution is -2.49. The van der Waals surface area contributed by atoms with Crippen molar-refractivity contribution in [2.75, 3.05) is 25.1 Å². The van der Waals surface area contributed by atoms with E-state index in [9.17, 15) is 9.59 Å². The number of aliphatic carboxylic acids is 1. The molecule has 2 aromatic carbocycles. The molecule has 1 spiro atoms. The summed E-state index contributed by atoms with van der Waals surface area (Å²) in [4.78, 5) is 21.5. The van der Waals surface area contributed by atoms with Crippen molar-refractivity contribution in [2.24, 2.45) is 0 Å². The fourth-order valence-electron chi connectivity index (χ4n) is 3.70. The zero-order valence-electron chi connectivity index (χ0n) is 18.2. The number of carboxylic acid groups (broad SMARTS) is 1. The van der Waals surface area contributed by atoms with Gasteiger partial charge in [0.1, 0.15) is 0 Å². The van der Waals surface area contributed by atoms with Crippen molar-refractivity contribution >= 4 is 17.7 Å². The van der Waals surface area contributed by atoms with Crippen LogP contribution in [0.4, 0.5) is 10.5 Å². The molecule has 8 heteroatoms. The van der Waals surface area contributed by atoms with Crippen molar-refractivity contribution in [3.8, 4) is 0 Å². The highest BCUT2D eigenvalue weighted by Crippen LogP contribution is 2.31. The lowest BCUT2D eigenvalue weighted by molar-refractivity contribution is -0.179. The normalized spacial score (nSPS) is 20.0. The summed E-state index contributed by atoms with van der Waals surface area (Å²) in [5.41, 5.74) is 1.93. The number of amides is 1. The van der Waals surface area contributed by atoms with Crippen molar-refractivity contribution < 1.29 is 28.9 Å². The third-order valence-corrected chi connectivity index (χ3v) is 5.29. The molecular weight excluding hydrogens is 412 g/mol. The first kappa shape index (κ1) is 23.7. The fraction of sp³-hybridized carbons (Fsp3) is 0.417. The average Bonchev–Trinajstić information content (AvgIpc) is 3.23. The second kappa shape index (κ2) is 11.6. The Hall–Kier alpha value is -2.94. The highest BCUT2D eigenvalue weighted by atomic mass is 16.7. The molecule has 0 saturated carbocycles. The molecule has 32 heavy (non-hydrogen) atoms. The van der Waals surface area contributed by atoms with Crippen LogP contribution in [0.2, 0.25) is 0 Å². The van der Waals surface area contributed by atoms with E-state index in [-0.39, 0.29) is 5.79 Å². The van der Waals surface area contributed by atoms with Crippen LogP contribution in [0.3, 0.4) is 0 Å². The lowest BCUT2D eigenvalue weighted by atomic mass is 9.93. The molecule has 2 fully saturated rings. The second-order valence-electron chi connectivity index (χ2n) is 7.78. The zero-order chi connectivity index (χ0) is 22.8. The van der Waals surface area contributed by atoms with E-state index in [0.717, 1.165) is 39.0 Å². The van der Waals surface area contributed by atoms with Crippen LogP contribution in [-0.4, -0.2) is 54.9 Å². The fourth-order valence-corrected chi connectivity index (χ4v) is 3.70. The number of hydrogen-bond acceptors (Lipinski definition) is 6. The Morgan fingerprint density at radius 2 is 1.75 bits per heavy atom. The molecule has 2 aliphatic rings. The number of anilines is 1. The molecule has 2 aromatic rings. The van der Waals surface area contributed by atoms with E-state index in [4.69, 9.17) is 14.6 Å². The maximum Gasteiger partial charge on any atom is 0.412 e. The van der Waals surface area contributed by atoms with Gasteiger partial charge in [0.05, 0.1) is 13.2 Å². The lowest BCUT2D eigenvalue weighted by Gasteiger charge is -2.37. The number of piperidine rings is 1. The summed E-state index contributed by atoms with van der Waals surface area (Å²) in [6.07, 6.45) is 1.04. The zero-order valence-corrected chi connectivity index (χ0v) is 18.2. The number of rotatable bonds is 5. The van der Waals surface area contributed by atoms with Crippen LogP contribution in [0, 0.1) is 0 Å². The maximum atomic E-state index is 11.1. The van der Waals surface area contributed by atoms with Gasteiger partial charge in [0.25, 0.3) is 0 Å². The largest absolute Gasteiger partial charge is 0.479 e. The molecule has 0 bridgehead atoms. The molecule has 3 N–H and O–H groups in total. The van der Waals surface area contributed by atoms with E-state index in [1.165, 1.54) is 12.5 Å². The van der Waals surface area contributed by atoms with Crippen LogP contribution >= 0.6 is 0 Å².